The van der Waals surface area contributed by atoms with E-state index in [1.165, 1.54) is 22.6 Å². The van der Waals surface area contributed by atoms with Crippen molar-refractivity contribution in [1.82, 2.24) is 9.78 Å². The van der Waals surface area contributed by atoms with Crippen LogP contribution in [-0.2, 0) is 6.42 Å². The molecule has 2 rings (SSSR count). The number of alkyl halides is 2. The third kappa shape index (κ3) is 2.94. The summed E-state index contributed by atoms with van der Waals surface area (Å²) in [5, 5.41) is 3.93. The van der Waals surface area contributed by atoms with Crippen LogP contribution in [0.3, 0.4) is 0 Å². The third-order valence-electron chi connectivity index (χ3n) is 2.70. The minimum absolute atomic E-state index is 0.0544. The Kier molecular flexibility index (Phi) is 3.75. The Morgan fingerprint density at radius 1 is 1.17 bits per heavy atom. The van der Waals surface area contributed by atoms with Gasteiger partial charge in [-0.1, -0.05) is 26.0 Å². The summed E-state index contributed by atoms with van der Waals surface area (Å²) < 4.78 is 26.4. The van der Waals surface area contributed by atoms with E-state index < -0.39 is 6.43 Å². The van der Waals surface area contributed by atoms with E-state index in [4.69, 9.17) is 0 Å². The van der Waals surface area contributed by atoms with Crippen LogP contribution in [0.5, 0.6) is 0 Å². The van der Waals surface area contributed by atoms with Gasteiger partial charge in [-0.3, -0.25) is 0 Å². The Hall–Kier alpha value is -1.71. The van der Waals surface area contributed by atoms with Crippen LogP contribution in [0.1, 0.15) is 31.4 Å². The molecular formula is C14H16F2N2. The Balaban J connectivity index is 2.17. The highest BCUT2D eigenvalue weighted by molar-refractivity contribution is 5.34. The second-order valence-electron chi connectivity index (χ2n) is 4.78. The fourth-order valence-electron chi connectivity index (χ4n) is 1.85. The molecule has 2 nitrogen and oxygen atoms in total. The molecule has 0 atom stereocenters. The molecule has 0 bridgehead atoms. The lowest BCUT2D eigenvalue weighted by Gasteiger charge is -2.06. The molecule has 1 aromatic carbocycles. The van der Waals surface area contributed by atoms with Crippen LogP contribution in [0.4, 0.5) is 8.78 Å². The van der Waals surface area contributed by atoms with Crippen molar-refractivity contribution < 1.29 is 8.78 Å². The summed E-state index contributed by atoms with van der Waals surface area (Å²) in [5.74, 6) is 0.603. The predicted molar refractivity (Wildman–Crippen MR) is 67.1 cm³/mol. The van der Waals surface area contributed by atoms with Gasteiger partial charge in [-0.2, -0.15) is 5.10 Å². The van der Waals surface area contributed by atoms with Gasteiger partial charge in [0.05, 0.1) is 17.4 Å². The summed E-state index contributed by atoms with van der Waals surface area (Å²) in [4.78, 5) is 0. The van der Waals surface area contributed by atoms with E-state index in [0.29, 0.717) is 5.92 Å². The van der Waals surface area contributed by atoms with Gasteiger partial charge in [0.2, 0.25) is 0 Å². The monoisotopic (exact) mass is 250 g/mol. The summed E-state index contributed by atoms with van der Waals surface area (Å²) in [6.45, 7) is 4.33. The van der Waals surface area contributed by atoms with Gasteiger partial charge >= 0.3 is 0 Å². The van der Waals surface area contributed by atoms with Crippen LogP contribution in [0, 0.1) is 5.92 Å². The van der Waals surface area contributed by atoms with Crippen LogP contribution < -0.4 is 0 Å². The zero-order valence-electron chi connectivity index (χ0n) is 10.5. The molecule has 18 heavy (non-hydrogen) atoms. The Bertz CT molecular complexity index is 501. The van der Waals surface area contributed by atoms with Gasteiger partial charge in [-0.15, -0.1) is 0 Å². The number of aromatic nitrogens is 2. The summed E-state index contributed by atoms with van der Waals surface area (Å²) in [5.41, 5.74) is 1.99. The molecule has 0 radical (unpaired) electrons. The molecule has 0 aliphatic carbocycles. The molecule has 1 aromatic heterocycles. The maximum absolute atomic E-state index is 12.5. The van der Waals surface area contributed by atoms with E-state index in [9.17, 15) is 8.78 Å². The number of hydrogen-bond acceptors (Lipinski definition) is 1. The van der Waals surface area contributed by atoms with E-state index in [1.54, 1.807) is 0 Å². The molecule has 0 N–H and O–H groups in total. The largest absolute Gasteiger partial charge is 0.266 e. The van der Waals surface area contributed by atoms with Crippen molar-refractivity contribution in [2.45, 2.75) is 26.7 Å². The minimum atomic E-state index is -2.47. The maximum Gasteiger partial charge on any atom is 0.266 e. The molecule has 0 amide bonds. The van der Waals surface area contributed by atoms with Crippen LogP contribution in [0.25, 0.3) is 5.69 Å². The van der Waals surface area contributed by atoms with E-state index in [0.717, 1.165) is 12.1 Å². The quantitative estimate of drug-likeness (QED) is 0.801. The van der Waals surface area contributed by atoms with E-state index in [-0.39, 0.29) is 5.56 Å². The van der Waals surface area contributed by atoms with E-state index in [2.05, 4.69) is 18.9 Å². The van der Waals surface area contributed by atoms with Crippen molar-refractivity contribution in [2.75, 3.05) is 0 Å². The standard InChI is InChI=1S/C14H16F2N2/c1-10(2)7-11-3-5-13(6-4-11)18-9-12(8-17-18)14(15)16/h3-6,8-10,14H,7H2,1-2H3. The Morgan fingerprint density at radius 3 is 2.33 bits per heavy atom. The van der Waals surface area contributed by atoms with Gasteiger partial charge in [-0.05, 0) is 30.0 Å². The van der Waals surface area contributed by atoms with Gasteiger partial charge in [-0.25, -0.2) is 13.5 Å². The highest BCUT2D eigenvalue weighted by atomic mass is 19.3. The smallest absolute Gasteiger partial charge is 0.240 e. The third-order valence-corrected chi connectivity index (χ3v) is 2.70. The molecule has 0 aliphatic rings. The highest BCUT2D eigenvalue weighted by Gasteiger charge is 2.10. The van der Waals surface area contributed by atoms with Crippen LogP contribution in [0.2, 0.25) is 0 Å². The van der Waals surface area contributed by atoms with Gasteiger partial charge in [0.15, 0.2) is 0 Å². The first-order chi connectivity index (χ1) is 8.56. The fourth-order valence-corrected chi connectivity index (χ4v) is 1.85. The molecule has 0 fully saturated rings. The summed E-state index contributed by atoms with van der Waals surface area (Å²) in [6.07, 6.45) is 1.11. The first-order valence-electron chi connectivity index (χ1n) is 5.98. The normalized spacial score (nSPS) is 11.4. The molecule has 96 valence electrons. The molecule has 0 unspecified atom stereocenters. The lowest BCUT2D eigenvalue weighted by Crippen LogP contribution is -1.97. The minimum Gasteiger partial charge on any atom is -0.240 e. The number of rotatable bonds is 4. The average Bonchev–Trinajstić information content (AvgIpc) is 2.78. The van der Waals surface area contributed by atoms with Crippen molar-refractivity contribution in [2.24, 2.45) is 5.92 Å². The predicted octanol–water partition coefficient (Wildman–Crippen LogP) is 4.01. The van der Waals surface area contributed by atoms with Crippen molar-refractivity contribution in [3.63, 3.8) is 0 Å². The van der Waals surface area contributed by atoms with Gasteiger partial charge in [0, 0.05) is 6.20 Å². The number of hydrogen-bond donors (Lipinski definition) is 0. The Morgan fingerprint density at radius 2 is 1.83 bits per heavy atom. The van der Waals surface area contributed by atoms with Gasteiger partial charge in [0.1, 0.15) is 0 Å². The summed E-state index contributed by atoms with van der Waals surface area (Å²) >= 11 is 0. The SMILES string of the molecule is CC(C)Cc1ccc(-n2cc(C(F)F)cn2)cc1. The summed E-state index contributed by atoms with van der Waals surface area (Å²) in [7, 11) is 0. The number of nitrogens with zero attached hydrogens (tertiary/aromatic N) is 2. The van der Waals surface area contributed by atoms with Crippen molar-refractivity contribution in [3.05, 3.63) is 47.8 Å². The van der Waals surface area contributed by atoms with E-state index in [1.807, 2.05) is 24.3 Å². The number of halogens is 2. The second-order valence-corrected chi connectivity index (χ2v) is 4.78. The molecule has 1 heterocycles. The van der Waals surface area contributed by atoms with Crippen molar-refractivity contribution in [1.29, 1.82) is 0 Å². The number of benzene rings is 1. The maximum atomic E-state index is 12.5. The zero-order chi connectivity index (χ0) is 13.1. The first kappa shape index (κ1) is 12.7. The summed E-state index contributed by atoms with van der Waals surface area (Å²) in [6, 6.07) is 7.83. The van der Waals surface area contributed by atoms with Crippen molar-refractivity contribution in [3.8, 4) is 5.69 Å². The van der Waals surface area contributed by atoms with Crippen LogP contribution in [-0.4, -0.2) is 9.78 Å². The average molecular weight is 250 g/mol. The van der Waals surface area contributed by atoms with E-state index >= 15 is 0 Å². The molecule has 0 saturated heterocycles. The molecule has 0 saturated carbocycles. The topological polar surface area (TPSA) is 17.8 Å². The highest BCUT2D eigenvalue weighted by Crippen LogP contribution is 2.19. The fraction of sp³-hybridized carbons (Fsp3) is 0.357. The second kappa shape index (κ2) is 5.29. The molecule has 0 spiro atoms. The molecule has 2 aromatic rings. The first-order valence-corrected chi connectivity index (χ1v) is 5.98. The molecule has 0 aliphatic heterocycles. The lowest BCUT2D eigenvalue weighted by atomic mass is 10.0. The van der Waals surface area contributed by atoms with Crippen LogP contribution in [0.15, 0.2) is 36.7 Å². The van der Waals surface area contributed by atoms with Crippen molar-refractivity contribution >= 4 is 0 Å². The lowest BCUT2D eigenvalue weighted by molar-refractivity contribution is 0.151. The van der Waals surface area contributed by atoms with Crippen LogP contribution >= 0.6 is 0 Å². The molecule has 4 heteroatoms. The Labute approximate surface area is 105 Å². The molecular weight excluding hydrogens is 234 g/mol. The van der Waals surface area contributed by atoms with Gasteiger partial charge < -0.3 is 0 Å². The van der Waals surface area contributed by atoms with Gasteiger partial charge in [0.25, 0.3) is 6.43 Å². The zero-order valence-corrected chi connectivity index (χ0v) is 10.5.